The van der Waals surface area contributed by atoms with Crippen molar-refractivity contribution in [2.45, 2.75) is 6.92 Å². The summed E-state index contributed by atoms with van der Waals surface area (Å²) < 4.78 is 5.33. The topological polar surface area (TPSA) is 97.1 Å². The van der Waals surface area contributed by atoms with Gasteiger partial charge in [0.1, 0.15) is 0 Å². The molecular weight excluding hydrogens is 368 g/mol. The Bertz CT molecular complexity index is 1220. The van der Waals surface area contributed by atoms with E-state index in [-0.39, 0.29) is 17.5 Å². The lowest BCUT2D eigenvalue weighted by molar-refractivity contribution is 0.0964. The molecule has 0 aliphatic carbocycles. The third kappa shape index (κ3) is 3.45. The largest absolute Gasteiger partial charge is 0.355 e. The van der Waals surface area contributed by atoms with Gasteiger partial charge in [-0.1, -0.05) is 47.6 Å². The molecule has 144 valence electrons. The summed E-state index contributed by atoms with van der Waals surface area (Å²) >= 11 is 0. The number of benzene rings is 2. The second kappa shape index (κ2) is 7.55. The quantitative estimate of drug-likeness (QED) is 0.556. The Labute approximate surface area is 166 Å². The van der Waals surface area contributed by atoms with Crippen LogP contribution in [-0.2, 0) is 0 Å². The summed E-state index contributed by atoms with van der Waals surface area (Å²) in [5.41, 5.74) is 3.46. The maximum atomic E-state index is 13.2. The van der Waals surface area contributed by atoms with Gasteiger partial charge in [0, 0.05) is 12.6 Å². The van der Waals surface area contributed by atoms with Crippen molar-refractivity contribution in [2.75, 3.05) is 12.4 Å². The molecule has 0 atom stereocenters. The van der Waals surface area contributed by atoms with Gasteiger partial charge in [-0.05, 0) is 25.1 Å². The second-order valence-electron chi connectivity index (χ2n) is 6.45. The molecule has 4 aromatic rings. The first-order valence-corrected chi connectivity index (χ1v) is 9.03. The molecule has 7 heteroatoms. The van der Waals surface area contributed by atoms with E-state index in [1.807, 2.05) is 30.3 Å². The third-order valence-electron chi connectivity index (χ3n) is 4.58. The highest BCUT2D eigenvalue weighted by molar-refractivity contribution is 6.15. The highest BCUT2D eigenvalue weighted by atomic mass is 16.5. The molecule has 0 bridgehead atoms. The molecule has 0 saturated carbocycles. The van der Waals surface area contributed by atoms with Crippen molar-refractivity contribution in [3.05, 3.63) is 77.5 Å². The van der Waals surface area contributed by atoms with E-state index in [9.17, 15) is 9.59 Å². The van der Waals surface area contributed by atoms with E-state index in [1.165, 1.54) is 0 Å². The molecule has 4 rings (SSSR count). The van der Waals surface area contributed by atoms with E-state index in [2.05, 4.69) is 20.8 Å². The zero-order valence-corrected chi connectivity index (χ0v) is 15.9. The van der Waals surface area contributed by atoms with Gasteiger partial charge in [-0.15, -0.1) is 0 Å². The number of nitrogens with zero attached hydrogens (tertiary/aromatic N) is 2. The zero-order valence-electron chi connectivity index (χ0n) is 15.9. The van der Waals surface area contributed by atoms with Crippen molar-refractivity contribution < 1.29 is 14.1 Å². The predicted octanol–water partition coefficient (Wildman–Crippen LogP) is 3.81. The summed E-state index contributed by atoms with van der Waals surface area (Å²) in [6, 6.07) is 18.0. The van der Waals surface area contributed by atoms with Crippen LogP contribution in [0.5, 0.6) is 0 Å². The molecule has 7 nitrogen and oxygen atoms in total. The number of hydrogen-bond donors (Lipinski definition) is 2. The Kier molecular flexibility index (Phi) is 4.78. The van der Waals surface area contributed by atoms with Crippen molar-refractivity contribution in [2.24, 2.45) is 0 Å². The van der Waals surface area contributed by atoms with Crippen molar-refractivity contribution in [1.82, 2.24) is 15.5 Å². The monoisotopic (exact) mass is 386 g/mol. The standard InChI is InChI=1S/C22H18N4O3/c1-13-19-16(21(28)24-17-11-7-6-10-15(17)20(27)23-2)12-18(25-22(19)29-26-13)14-8-4-3-5-9-14/h3-12H,1-2H3,(H,23,27)(H,24,28). The van der Waals surface area contributed by atoms with Crippen molar-refractivity contribution in [1.29, 1.82) is 0 Å². The first-order valence-electron chi connectivity index (χ1n) is 9.03. The summed E-state index contributed by atoms with van der Waals surface area (Å²) in [5, 5.41) is 9.91. The molecular formula is C22H18N4O3. The van der Waals surface area contributed by atoms with Crippen LogP contribution in [0.15, 0.2) is 65.2 Å². The van der Waals surface area contributed by atoms with Gasteiger partial charge in [0.15, 0.2) is 0 Å². The van der Waals surface area contributed by atoms with Gasteiger partial charge in [0.2, 0.25) is 0 Å². The van der Waals surface area contributed by atoms with Crippen molar-refractivity contribution >= 4 is 28.6 Å². The number of pyridine rings is 1. The minimum atomic E-state index is -0.378. The number of anilines is 1. The fourth-order valence-electron chi connectivity index (χ4n) is 3.15. The van der Waals surface area contributed by atoms with Crippen LogP contribution in [0.3, 0.4) is 0 Å². The lowest BCUT2D eigenvalue weighted by atomic mass is 10.0. The number of aryl methyl sites for hydroxylation is 1. The number of carbonyl (C=O) groups is 2. The molecule has 0 radical (unpaired) electrons. The van der Waals surface area contributed by atoms with Gasteiger partial charge >= 0.3 is 0 Å². The Balaban J connectivity index is 1.80. The van der Waals surface area contributed by atoms with Crippen LogP contribution in [-0.4, -0.2) is 29.0 Å². The van der Waals surface area contributed by atoms with Gasteiger partial charge in [0.05, 0.1) is 33.6 Å². The predicted molar refractivity (Wildman–Crippen MR) is 110 cm³/mol. The van der Waals surface area contributed by atoms with Crippen LogP contribution < -0.4 is 10.6 Å². The van der Waals surface area contributed by atoms with E-state index in [4.69, 9.17) is 4.52 Å². The summed E-state index contributed by atoms with van der Waals surface area (Å²) in [6.45, 7) is 1.75. The number of carbonyl (C=O) groups excluding carboxylic acids is 2. The van der Waals surface area contributed by atoms with Gasteiger partial charge < -0.3 is 15.2 Å². The van der Waals surface area contributed by atoms with E-state index in [0.717, 1.165) is 5.56 Å². The number of aromatic nitrogens is 2. The van der Waals surface area contributed by atoms with E-state index >= 15 is 0 Å². The Morgan fingerprint density at radius 2 is 1.66 bits per heavy atom. The number of nitrogens with one attached hydrogen (secondary N) is 2. The number of fused-ring (bicyclic) bond motifs is 1. The first-order chi connectivity index (χ1) is 14.1. The van der Waals surface area contributed by atoms with E-state index < -0.39 is 0 Å². The van der Waals surface area contributed by atoms with E-state index in [1.54, 1.807) is 44.3 Å². The van der Waals surface area contributed by atoms with Crippen LogP contribution in [0.2, 0.25) is 0 Å². The zero-order chi connectivity index (χ0) is 20.4. The fourth-order valence-corrected chi connectivity index (χ4v) is 3.15. The number of hydrogen-bond acceptors (Lipinski definition) is 5. The van der Waals surface area contributed by atoms with Crippen LogP contribution >= 0.6 is 0 Å². The summed E-state index contributed by atoms with van der Waals surface area (Å²) in [4.78, 5) is 29.8. The number of rotatable bonds is 4. The smallest absolute Gasteiger partial charge is 0.259 e. The molecule has 0 spiro atoms. The highest BCUT2D eigenvalue weighted by Gasteiger charge is 2.21. The van der Waals surface area contributed by atoms with Crippen LogP contribution in [0.1, 0.15) is 26.4 Å². The summed E-state index contributed by atoms with van der Waals surface area (Å²) in [6.07, 6.45) is 0. The molecule has 0 aliphatic rings. The third-order valence-corrected chi connectivity index (χ3v) is 4.58. The first kappa shape index (κ1) is 18.4. The molecule has 0 aliphatic heterocycles. The van der Waals surface area contributed by atoms with Crippen LogP contribution in [0.4, 0.5) is 5.69 Å². The molecule has 2 amide bonds. The molecule has 0 unspecified atom stereocenters. The summed E-state index contributed by atoms with van der Waals surface area (Å²) in [7, 11) is 1.54. The lowest BCUT2D eigenvalue weighted by Crippen LogP contribution is -2.21. The molecule has 2 aromatic carbocycles. The molecule has 2 heterocycles. The average molecular weight is 386 g/mol. The minimum absolute atomic E-state index is 0.285. The Hall–Kier alpha value is -4.00. The highest BCUT2D eigenvalue weighted by Crippen LogP contribution is 2.28. The fraction of sp³-hybridized carbons (Fsp3) is 0.0909. The molecule has 0 fully saturated rings. The van der Waals surface area contributed by atoms with E-state index in [0.29, 0.717) is 33.6 Å². The Morgan fingerprint density at radius 3 is 2.41 bits per heavy atom. The lowest BCUT2D eigenvalue weighted by Gasteiger charge is -2.11. The maximum absolute atomic E-state index is 13.2. The maximum Gasteiger partial charge on any atom is 0.259 e. The van der Waals surface area contributed by atoms with Crippen molar-refractivity contribution in [3.8, 4) is 11.3 Å². The summed E-state index contributed by atoms with van der Waals surface area (Å²) in [5.74, 6) is -0.663. The molecule has 0 saturated heterocycles. The van der Waals surface area contributed by atoms with Gasteiger partial charge in [0.25, 0.3) is 17.5 Å². The Morgan fingerprint density at radius 1 is 0.931 bits per heavy atom. The van der Waals surface area contributed by atoms with Gasteiger partial charge in [-0.2, -0.15) is 0 Å². The van der Waals surface area contributed by atoms with Crippen LogP contribution in [0, 0.1) is 6.92 Å². The molecule has 2 N–H and O–H groups in total. The second-order valence-corrected chi connectivity index (χ2v) is 6.45. The van der Waals surface area contributed by atoms with Gasteiger partial charge in [-0.3, -0.25) is 9.59 Å². The molecule has 2 aromatic heterocycles. The van der Waals surface area contributed by atoms with Gasteiger partial charge in [-0.25, -0.2) is 4.98 Å². The molecule has 29 heavy (non-hydrogen) atoms. The number of para-hydroxylation sites is 1. The van der Waals surface area contributed by atoms with Crippen molar-refractivity contribution in [3.63, 3.8) is 0 Å². The minimum Gasteiger partial charge on any atom is -0.355 e. The number of amides is 2. The SMILES string of the molecule is CNC(=O)c1ccccc1NC(=O)c1cc(-c2ccccc2)nc2onc(C)c12. The average Bonchev–Trinajstić information content (AvgIpc) is 3.14. The normalized spacial score (nSPS) is 10.7. The van der Waals surface area contributed by atoms with Crippen LogP contribution in [0.25, 0.3) is 22.4 Å².